The molecule has 0 aliphatic heterocycles. The van der Waals surface area contributed by atoms with Crippen LogP contribution >= 0.6 is 0 Å². The maximum Gasteiger partial charge on any atom is 0.162 e. The summed E-state index contributed by atoms with van der Waals surface area (Å²) >= 11 is 0. The Morgan fingerprint density at radius 3 is 2.39 bits per heavy atom. The minimum absolute atomic E-state index is 0.421. The molecule has 1 aromatic rings. The largest absolute Gasteiger partial charge is 0.370 e. The van der Waals surface area contributed by atoms with Crippen LogP contribution in [0.2, 0.25) is 0 Å². The molecule has 5 heteroatoms. The van der Waals surface area contributed by atoms with Gasteiger partial charge in [-0.15, -0.1) is 0 Å². The summed E-state index contributed by atoms with van der Waals surface area (Å²) in [5, 5.41) is 0. The maximum absolute atomic E-state index is 5.66. The van der Waals surface area contributed by atoms with Gasteiger partial charge in [-0.2, -0.15) is 0 Å². The van der Waals surface area contributed by atoms with Crippen molar-refractivity contribution in [1.29, 1.82) is 0 Å². The van der Waals surface area contributed by atoms with Crippen molar-refractivity contribution in [2.24, 2.45) is 5.84 Å². The zero-order valence-corrected chi connectivity index (χ0v) is 11.8. The van der Waals surface area contributed by atoms with Gasteiger partial charge in [-0.25, -0.2) is 15.8 Å². The second kappa shape index (κ2) is 6.66. The standard InChI is InChI=1S/C13H24N4O/c1-5-8-10-9-11(17-14)16-12(15-10)13(6-2,7-3)18-4/h9H,5-8,14H2,1-4H3,(H,15,16,17). The van der Waals surface area contributed by atoms with Crippen LogP contribution in [-0.4, -0.2) is 17.1 Å². The molecule has 0 aliphatic carbocycles. The molecule has 0 unspecified atom stereocenters. The fourth-order valence-corrected chi connectivity index (χ4v) is 2.11. The molecular weight excluding hydrogens is 228 g/mol. The third-order valence-corrected chi connectivity index (χ3v) is 3.37. The molecule has 0 spiro atoms. The van der Waals surface area contributed by atoms with Crippen molar-refractivity contribution in [3.05, 3.63) is 17.6 Å². The number of nitrogen functional groups attached to an aromatic ring is 1. The Labute approximate surface area is 109 Å². The molecule has 1 aromatic heterocycles. The lowest BCUT2D eigenvalue weighted by molar-refractivity contribution is -0.0292. The Kier molecular flexibility index (Phi) is 5.50. The Hall–Kier alpha value is -1.20. The molecular formula is C13H24N4O. The minimum atomic E-state index is -0.421. The van der Waals surface area contributed by atoms with Crippen molar-refractivity contribution in [1.82, 2.24) is 9.97 Å². The number of hydrazine groups is 1. The summed E-state index contributed by atoms with van der Waals surface area (Å²) in [7, 11) is 1.71. The normalized spacial score (nSPS) is 11.6. The summed E-state index contributed by atoms with van der Waals surface area (Å²) in [5.41, 5.74) is 3.18. The van der Waals surface area contributed by atoms with E-state index < -0.39 is 5.60 Å². The monoisotopic (exact) mass is 252 g/mol. The summed E-state index contributed by atoms with van der Waals surface area (Å²) in [6, 6.07) is 1.89. The number of ether oxygens (including phenoxy) is 1. The van der Waals surface area contributed by atoms with Gasteiger partial charge >= 0.3 is 0 Å². The number of anilines is 1. The number of nitrogens with two attached hydrogens (primary N) is 1. The minimum Gasteiger partial charge on any atom is -0.370 e. The van der Waals surface area contributed by atoms with Crippen LogP contribution in [0.5, 0.6) is 0 Å². The van der Waals surface area contributed by atoms with Crippen molar-refractivity contribution >= 4 is 5.82 Å². The molecule has 0 amide bonds. The first kappa shape index (κ1) is 14.9. The Balaban J connectivity index is 3.24. The summed E-state index contributed by atoms with van der Waals surface area (Å²) in [4.78, 5) is 9.07. The molecule has 3 N–H and O–H groups in total. The maximum atomic E-state index is 5.66. The SMILES string of the molecule is CCCc1cc(NN)nc(C(CC)(CC)OC)n1. The number of methoxy groups -OCH3 is 1. The highest BCUT2D eigenvalue weighted by Crippen LogP contribution is 2.30. The van der Waals surface area contributed by atoms with Crippen LogP contribution in [0, 0.1) is 0 Å². The van der Waals surface area contributed by atoms with Gasteiger partial charge in [-0.05, 0) is 19.3 Å². The molecule has 0 atom stereocenters. The topological polar surface area (TPSA) is 73.1 Å². The highest BCUT2D eigenvalue weighted by Gasteiger charge is 2.32. The van der Waals surface area contributed by atoms with E-state index in [-0.39, 0.29) is 0 Å². The van der Waals surface area contributed by atoms with Crippen LogP contribution < -0.4 is 11.3 Å². The average molecular weight is 252 g/mol. The van der Waals surface area contributed by atoms with Crippen LogP contribution in [0.25, 0.3) is 0 Å². The zero-order valence-electron chi connectivity index (χ0n) is 11.8. The number of nitrogens with zero attached hydrogens (tertiary/aromatic N) is 2. The van der Waals surface area contributed by atoms with Crippen molar-refractivity contribution in [3.63, 3.8) is 0 Å². The van der Waals surface area contributed by atoms with Crippen LogP contribution in [0.1, 0.15) is 51.6 Å². The molecule has 102 valence electrons. The smallest absolute Gasteiger partial charge is 0.162 e. The van der Waals surface area contributed by atoms with E-state index in [1.54, 1.807) is 7.11 Å². The van der Waals surface area contributed by atoms with E-state index in [1.807, 2.05) is 6.07 Å². The molecule has 0 saturated carbocycles. The Morgan fingerprint density at radius 2 is 1.94 bits per heavy atom. The number of hydrogen-bond donors (Lipinski definition) is 2. The highest BCUT2D eigenvalue weighted by molar-refractivity contribution is 5.35. The van der Waals surface area contributed by atoms with E-state index in [0.717, 1.165) is 31.4 Å². The number of aryl methyl sites for hydroxylation is 1. The van der Waals surface area contributed by atoms with Crippen molar-refractivity contribution in [2.45, 2.75) is 52.1 Å². The number of nitrogens with one attached hydrogen (secondary N) is 1. The van der Waals surface area contributed by atoms with Crippen LogP contribution in [0.4, 0.5) is 5.82 Å². The van der Waals surface area contributed by atoms with E-state index >= 15 is 0 Å². The van der Waals surface area contributed by atoms with Gasteiger partial charge < -0.3 is 10.2 Å². The van der Waals surface area contributed by atoms with E-state index in [2.05, 4.69) is 36.2 Å². The summed E-state index contributed by atoms with van der Waals surface area (Å²) < 4.78 is 5.66. The molecule has 0 radical (unpaired) electrons. The van der Waals surface area contributed by atoms with Gasteiger partial charge in [0.1, 0.15) is 11.4 Å². The first-order valence-electron chi connectivity index (χ1n) is 6.55. The van der Waals surface area contributed by atoms with E-state index in [0.29, 0.717) is 11.6 Å². The van der Waals surface area contributed by atoms with Crippen molar-refractivity contribution < 1.29 is 4.74 Å². The molecule has 5 nitrogen and oxygen atoms in total. The summed E-state index contributed by atoms with van der Waals surface area (Å²) in [6.07, 6.45) is 3.62. The molecule has 0 saturated heterocycles. The van der Waals surface area contributed by atoms with E-state index in [4.69, 9.17) is 10.6 Å². The van der Waals surface area contributed by atoms with Gasteiger partial charge in [0.25, 0.3) is 0 Å². The highest BCUT2D eigenvalue weighted by atomic mass is 16.5. The van der Waals surface area contributed by atoms with Crippen LogP contribution in [0.15, 0.2) is 6.07 Å². The van der Waals surface area contributed by atoms with Crippen LogP contribution in [-0.2, 0) is 16.8 Å². The van der Waals surface area contributed by atoms with Gasteiger partial charge in [-0.3, -0.25) is 0 Å². The van der Waals surface area contributed by atoms with Gasteiger partial charge in [-0.1, -0.05) is 27.2 Å². The first-order valence-corrected chi connectivity index (χ1v) is 6.55. The number of aromatic nitrogens is 2. The Bertz CT molecular complexity index is 369. The van der Waals surface area contributed by atoms with Crippen molar-refractivity contribution in [3.8, 4) is 0 Å². The number of hydrogen-bond acceptors (Lipinski definition) is 5. The predicted molar refractivity (Wildman–Crippen MR) is 73.1 cm³/mol. The summed E-state index contributed by atoms with van der Waals surface area (Å²) in [5.74, 6) is 6.83. The fraction of sp³-hybridized carbons (Fsp3) is 0.692. The van der Waals surface area contributed by atoms with Crippen molar-refractivity contribution in [2.75, 3.05) is 12.5 Å². The van der Waals surface area contributed by atoms with E-state index in [1.165, 1.54) is 0 Å². The van der Waals surface area contributed by atoms with Gasteiger partial charge in [0.15, 0.2) is 5.82 Å². The van der Waals surface area contributed by atoms with Gasteiger partial charge in [0, 0.05) is 18.9 Å². The fourth-order valence-electron chi connectivity index (χ4n) is 2.11. The quantitative estimate of drug-likeness (QED) is 0.575. The third kappa shape index (κ3) is 2.97. The third-order valence-electron chi connectivity index (χ3n) is 3.37. The molecule has 18 heavy (non-hydrogen) atoms. The zero-order chi connectivity index (χ0) is 13.6. The lowest BCUT2D eigenvalue weighted by atomic mass is 9.95. The molecule has 1 rings (SSSR count). The Morgan fingerprint density at radius 1 is 1.28 bits per heavy atom. The van der Waals surface area contributed by atoms with Gasteiger partial charge in [0.2, 0.25) is 0 Å². The van der Waals surface area contributed by atoms with Gasteiger partial charge in [0.05, 0.1) is 0 Å². The lowest BCUT2D eigenvalue weighted by Gasteiger charge is -2.29. The molecule has 0 aliphatic rings. The molecule has 1 heterocycles. The average Bonchev–Trinajstić information content (AvgIpc) is 2.41. The second-order valence-electron chi connectivity index (χ2n) is 4.37. The van der Waals surface area contributed by atoms with Crippen LogP contribution in [0.3, 0.4) is 0 Å². The first-order chi connectivity index (χ1) is 8.65. The summed E-state index contributed by atoms with van der Waals surface area (Å²) in [6.45, 7) is 6.29. The molecule has 0 fully saturated rings. The second-order valence-corrected chi connectivity index (χ2v) is 4.37. The lowest BCUT2D eigenvalue weighted by Crippen LogP contribution is -2.30. The number of rotatable bonds is 7. The molecule has 0 aromatic carbocycles. The predicted octanol–water partition coefficient (Wildman–Crippen LogP) is 2.38. The molecule has 0 bridgehead atoms. The van der Waals surface area contributed by atoms with E-state index in [9.17, 15) is 0 Å².